The minimum Gasteiger partial charge on any atom is -0.387 e. The van der Waals surface area contributed by atoms with Gasteiger partial charge in [-0.15, -0.1) is 0 Å². The van der Waals surface area contributed by atoms with Gasteiger partial charge in [0.05, 0.1) is 6.61 Å². The van der Waals surface area contributed by atoms with E-state index in [1.165, 1.54) is 6.07 Å². The molecule has 2 aromatic rings. The highest BCUT2D eigenvalue weighted by molar-refractivity contribution is 7.46. The molecule has 1 saturated heterocycles. The van der Waals surface area contributed by atoms with Crippen LogP contribution in [0.5, 0.6) is 0 Å². The zero-order valence-corrected chi connectivity index (χ0v) is 16.6. The molecule has 1 aliphatic heterocycles. The number of phosphoric ester groups is 1. The molecule has 1 aromatic heterocycles. The van der Waals surface area contributed by atoms with Gasteiger partial charge in [-0.25, -0.2) is 18.1 Å². The Morgan fingerprint density at radius 1 is 1.13 bits per heavy atom. The van der Waals surface area contributed by atoms with E-state index >= 15 is 0 Å². The quantitative estimate of drug-likeness (QED) is 0.387. The number of ether oxygens (including phenoxy) is 1. The summed E-state index contributed by atoms with van der Waals surface area (Å²) in [6.07, 6.45) is -5.26. The summed E-state index contributed by atoms with van der Waals surface area (Å²) in [6, 6.07) is 3.88. The zero-order valence-electron chi connectivity index (χ0n) is 15.7. The Kier molecular flexibility index (Phi) is 6.86. The van der Waals surface area contributed by atoms with Gasteiger partial charge in [-0.3, -0.25) is 18.5 Å². The van der Waals surface area contributed by atoms with E-state index < -0.39 is 61.9 Å². The summed E-state index contributed by atoms with van der Waals surface area (Å²) in [5, 5.41) is 20.3. The van der Waals surface area contributed by atoms with Gasteiger partial charge in [0.25, 0.3) is 5.56 Å². The summed E-state index contributed by atoms with van der Waals surface area (Å²) in [5.74, 6) is -1.61. The summed E-state index contributed by atoms with van der Waals surface area (Å²) < 4.78 is 48.8. The van der Waals surface area contributed by atoms with Crippen LogP contribution in [0.3, 0.4) is 0 Å². The molecular weight excluding hydrogens is 445 g/mol. The average molecular weight is 464 g/mol. The minimum absolute atomic E-state index is 0.0744. The Labute approximate surface area is 173 Å². The first-order valence-electron chi connectivity index (χ1n) is 8.95. The van der Waals surface area contributed by atoms with Crippen molar-refractivity contribution < 1.29 is 42.6 Å². The highest BCUT2D eigenvalue weighted by Crippen LogP contribution is 2.38. The predicted molar refractivity (Wildman–Crippen MR) is 98.9 cm³/mol. The molecule has 31 heavy (non-hydrogen) atoms. The van der Waals surface area contributed by atoms with Crippen LogP contribution < -0.4 is 11.2 Å². The van der Waals surface area contributed by atoms with E-state index in [-0.39, 0.29) is 18.5 Å². The summed E-state index contributed by atoms with van der Waals surface area (Å²) in [7, 11) is -4.87. The summed E-state index contributed by atoms with van der Waals surface area (Å²) in [5.41, 5.74) is -1.59. The molecule has 3 rings (SSSR count). The second-order valence-electron chi connectivity index (χ2n) is 6.81. The number of benzene rings is 1. The molecule has 14 heteroatoms. The summed E-state index contributed by atoms with van der Waals surface area (Å²) in [6.45, 7) is -1.03. The molecule has 1 fully saturated rings. The van der Waals surface area contributed by atoms with Crippen LogP contribution >= 0.6 is 7.82 Å². The van der Waals surface area contributed by atoms with E-state index in [0.717, 1.165) is 27.5 Å². The number of halogens is 2. The molecule has 0 bridgehead atoms. The molecular formula is C17H19F2N2O9P. The van der Waals surface area contributed by atoms with Gasteiger partial charge in [0.2, 0.25) is 0 Å². The molecule has 1 unspecified atom stereocenters. The van der Waals surface area contributed by atoms with E-state index in [1.54, 1.807) is 0 Å². The molecule has 170 valence electrons. The van der Waals surface area contributed by atoms with Gasteiger partial charge in [0.1, 0.15) is 29.9 Å². The SMILES string of the molecule is O=c1ccn([C@@H]2O[C@H](COP(=O)(O)O)[C@H](O)C2O)c(=O)n1CCc1ccc(F)cc1F. The molecule has 0 spiro atoms. The van der Waals surface area contributed by atoms with E-state index in [2.05, 4.69) is 4.52 Å². The lowest BCUT2D eigenvalue weighted by atomic mass is 10.1. The second-order valence-corrected chi connectivity index (χ2v) is 8.05. The molecule has 2 heterocycles. The van der Waals surface area contributed by atoms with Crippen LogP contribution in [0.1, 0.15) is 11.8 Å². The Bertz CT molecular complexity index is 1120. The van der Waals surface area contributed by atoms with Gasteiger partial charge in [0.15, 0.2) is 6.23 Å². The van der Waals surface area contributed by atoms with E-state index in [9.17, 15) is 33.1 Å². The number of hydrogen-bond donors (Lipinski definition) is 4. The third-order valence-corrected chi connectivity index (χ3v) is 5.22. The van der Waals surface area contributed by atoms with E-state index in [0.29, 0.717) is 6.07 Å². The largest absolute Gasteiger partial charge is 0.469 e. The topological polar surface area (TPSA) is 160 Å². The van der Waals surface area contributed by atoms with Crippen molar-refractivity contribution in [3.8, 4) is 0 Å². The van der Waals surface area contributed by atoms with Crippen molar-refractivity contribution >= 4 is 7.82 Å². The molecule has 4 atom stereocenters. The van der Waals surface area contributed by atoms with Crippen LogP contribution in [-0.2, 0) is 26.8 Å². The fourth-order valence-electron chi connectivity index (χ4n) is 3.15. The number of phosphoric acid groups is 1. The van der Waals surface area contributed by atoms with Crippen molar-refractivity contribution in [3.05, 3.63) is 68.5 Å². The van der Waals surface area contributed by atoms with Crippen molar-refractivity contribution in [2.24, 2.45) is 0 Å². The lowest BCUT2D eigenvalue weighted by Gasteiger charge is -2.19. The number of aliphatic hydroxyl groups excluding tert-OH is 2. The Morgan fingerprint density at radius 2 is 1.84 bits per heavy atom. The van der Waals surface area contributed by atoms with Crippen molar-refractivity contribution in [1.29, 1.82) is 0 Å². The smallest absolute Gasteiger partial charge is 0.387 e. The highest BCUT2D eigenvalue weighted by Gasteiger charge is 2.45. The molecule has 11 nitrogen and oxygen atoms in total. The van der Waals surface area contributed by atoms with Crippen molar-refractivity contribution in [2.45, 2.75) is 37.5 Å². The maximum Gasteiger partial charge on any atom is 0.469 e. The monoisotopic (exact) mass is 464 g/mol. The van der Waals surface area contributed by atoms with Crippen LogP contribution in [0.4, 0.5) is 8.78 Å². The van der Waals surface area contributed by atoms with Crippen LogP contribution in [0.15, 0.2) is 40.1 Å². The summed E-state index contributed by atoms with van der Waals surface area (Å²) in [4.78, 5) is 42.4. The van der Waals surface area contributed by atoms with Crippen LogP contribution in [0, 0.1) is 11.6 Å². The van der Waals surface area contributed by atoms with Crippen molar-refractivity contribution in [1.82, 2.24) is 9.13 Å². The molecule has 0 saturated carbocycles. The first-order valence-corrected chi connectivity index (χ1v) is 10.5. The van der Waals surface area contributed by atoms with Gasteiger partial charge in [-0.05, 0) is 18.1 Å². The van der Waals surface area contributed by atoms with Gasteiger partial charge < -0.3 is 24.7 Å². The number of rotatable bonds is 7. The highest BCUT2D eigenvalue weighted by atomic mass is 31.2. The lowest BCUT2D eigenvalue weighted by Crippen LogP contribution is -2.43. The third kappa shape index (κ3) is 5.33. The van der Waals surface area contributed by atoms with Crippen molar-refractivity contribution in [2.75, 3.05) is 6.61 Å². The normalized spacial score (nSPS) is 23.9. The minimum atomic E-state index is -4.87. The fourth-order valence-corrected chi connectivity index (χ4v) is 3.50. The van der Waals surface area contributed by atoms with Crippen molar-refractivity contribution in [3.63, 3.8) is 0 Å². The number of aliphatic hydroxyl groups is 2. The zero-order chi connectivity index (χ0) is 22.9. The first kappa shape index (κ1) is 23.4. The standard InChI is InChI=1S/C17H19F2N2O9P/c18-10-2-1-9(11(19)7-10)3-5-20-13(22)4-6-21(17(20)25)16-15(24)14(23)12(30-16)8-29-31(26,27)28/h1-2,4,6-7,12,14-16,23-24H,3,5,8H2,(H2,26,27,28)/t12-,14+,15?,16-/m1/s1. The molecule has 1 aromatic carbocycles. The molecule has 0 amide bonds. The van der Waals surface area contributed by atoms with Crippen LogP contribution in [0.2, 0.25) is 0 Å². The number of hydrogen-bond acceptors (Lipinski definition) is 7. The average Bonchev–Trinajstić information content (AvgIpc) is 2.95. The third-order valence-electron chi connectivity index (χ3n) is 4.73. The molecule has 4 N–H and O–H groups in total. The number of aryl methyl sites for hydroxylation is 1. The number of nitrogens with zero attached hydrogens (tertiary/aromatic N) is 2. The molecule has 0 radical (unpaired) electrons. The fraction of sp³-hybridized carbons (Fsp3) is 0.412. The van der Waals surface area contributed by atoms with Gasteiger partial charge in [0, 0.05) is 24.9 Å². The Balaban J connectivity index is 1.82. The second kappa shape index (κ2) is 9.09. The van der Waals surface area contributed by atoms with Gasteiger partial charge in [-0.1, -0.05) is 6.07 Å². The Hall–Kier alpha value is -2.25. The maximum absolute atomic E-state index is 13.8. The molecule has 0 aliphatic carbocycles. The van der Waals surface area contributed by atoms with Crippen LogP contribution in [0.25, 0.3) is 0 Å². The van der Waals surface area contributed by atoms with Crippen LogP contribution in [-0.4, -0.2) is 54.1 Å². The first-order chi connectivity index (χ1) is 14.5. The Morgan fingerprint density at radius 3 is 2.48 bits per heavy atom. The number of aromatic nitrogens is 2. The van der Waals surface area contributed by atoms with Gasteiger partial charge >= 0.3 is 13.5 Å². The molecule has 1 aliphatic rings. The maximum atomic E-state index is 13.8. The van der Waals surface area contributed by atoms with Gasteiger partial charge in [-0.2, -0.15) is 0 Å². The van der Waals surface area contributed by atoms with E-state index in [4.69, 9.17) is 14.5 Å². The predicted octanol–water partition coefficient (Wildman–Crippen LogP) is -0.741. The summed E-state index contributed by atoms with van der Waals surface area (Å²) >= 11 is 0. The van der Waals surface area contributed by atoms with E-state index in [1.807, 2.05) is 0 Å². The lowest BCUT2D eigenvalue weighted by molar-refractivity contribution is -0.0548.